The number of carbonyl (C=O) groups is 1. The molecule has 5 fully saturated rings. The maximum Gasteiger partial charge on any atom is 0.226 e. The van der Waals surface area contributed by atoms with E-state index in [0.717, 1.165) is 46.6 Å². The average molecular weight is 505 g/mol. The van der Waals surface area contributed by atoms with Crippen LogP contribution in [0.25, 0.3) is 0 Å². The number of unbranched alkanes of at least 4 members (excludes halogenated alkanes) is 1. The van der Waals surface area contributed by atoms with Gasteiger partial charge in [-0.3, -0.25) is 9.79 Å². The summed E-state index contributed by atoms with van der Waals surface area (Å²) in [6.45, 7) is 3.26. The number of nitrogens with zero attached hydrogens (tertiary/aromatic N) is 2. The number of thioether (sulfide) groups is 1. The third-order valence-corrected chi connectivity index (χ3v) is 9.40. The molecule has 1 heterocycles. The van der Waals surface area contributed by atoms with Gasteiger partial charge in [-0.1, -0.05) is 41.0 Å². The number of carbonyl (C=O) groups excluding carboxylic acids is 1. The van der Waals surface area contributed by atoms with Crippen molar-refractivity contribution in [2.24, 2.45) is 22.7 Å². The number of rotatable bonds is 7. The number of hydrogen-bond acceptors (Lipinski definition) is 3. The molecule has 0 radical (unpaired) electrons. The van der Waals surface area contributed by atoms with Crippen molar-refractivity contribution < 1.29 is 4.79 Å². The van der Waals surface area contributed by atoms with Crippen LogP contribution in [0, 0.1) is 17.8 Å². The minimum Gasteiger partial charge on any atom is -0.347 e. The molecule has 4 aliphatic carbocycles. The maximum atomic E-state index is 12.8. The first-order chi connectivity index (χ1) is 15.0. The van der Waals surface area contributed by atoms with Crippen molar-refractivity contribution in [3.8, 4) is 0 Å². The van der Waals surface area contributed by atoms with E-state index in [-0.39, 0.29) is 17.5 Å². The summed E-state index contributed by atoms with van der Waals surface area (Å²) in [7, 11) is 0. The SMILES string of the molecule is CCCCN1C(=NC23CC4CC(CC(C4)C2)C3)SCC1CC(=O)Nc1ccc(Br)cc1. The second kappa shape index (κ2) is 9.09. The third-order valence-electron chi connectivity index (χ3n) is 7.73. The summed E-state index contributed by atoms with van der Waals surface area (Å²) in [5, 5.41) is 4.31. The second-order valence-corrected chi connectivity index (χ2v) is 12.2. The van der Waals surface area contributed by atoms with Gasteiger partial charge < -0.3 is 10.2 Å². The van der Waals surface area contributed by atoms with Crippen LogP contribution in [0.3, 0.4) is 0 Å². The first-order valence-electron chi connectivity index (χ1n) is 12.1. The summed E-state index contributed by atoms with van der Waals surface area (Å²) in [6.07, 6.45) is 11.1. The number of halogens is 1. The van der Waals surface area contributed by atoms with Crippen LogP contribution in [0.2, 0.25) is 0 Å². The molecular weight excluding hydrogens is 470 g/mol. The molecule has 1 unspecified atom stereocenters. The predicted molar refractivity (Wildman–Crippen MR) is 134 cm³/mol. The van der Waals surface area contributed by atoms with E-state index >= 15 is 0 Å². The normalized spacial score (nSPS) is 35.2. The Hall–Kier alpha value is -1.01. The molecule has 5 aliphatic rings. The lowest BCUT2D eigenvalue weighted by Gasteiger charge is -2.55. The van der Waals surface area contributed by atoms with Gasteiger partial charge in [-0.2, -0.15) is 0 Å². The summed E-state index contributed by atoms with van der Waals surface area (Å²) >= 11 is 5.35. The molecule has 4 bridgehead atoms. The summed E-state index contributed by atoms with van der Waals surface area (Å²) in [4.78, 5) is 20.8. The molecule has 6 rings (SSSR count). The van der Waals surface area contributed by atoms with Gasteiger partial charge in [0.15, 0.2) is 5.17 Å². The highest BCUT2D eigenvalue weighted by Crippen LogP contribution is 2.57. The van der Waals surface area contributed by atoms with Crippen LogP contribution in [0.1, 0.15) is 64.7 Å². The van der Waals surface area contributed by atoms with E-state index in [2.05, 4.69) is 33.1 Å². The molecule has 1 N–H and O–H groups in total. The Bertz CT molecular complexity index is 804. The number of hydrogen-bond donors (Lipinski definition) is 1. The summed E-state index contributed by atoms with van der Waals surface area (Å²) < 4.78 is 1.02. The van der Waals surface area contributed by atoms with Crippen LogP contribution >= 0.6 is 27.7 Å². The smallest absolute Gasteiger partial charge is 0.226 e. The fraction of sp³-hybridized carbons (Fsp3) is 0.680. The molecule has 31 heavy (non-hydrogen) atoms. The molecule has 1 aromatic carbocycles. The first-order valence-corrected chi connectivity index (χ1v) is 13.8. The van der Waals surface area contributed by atoms with E-state index in [4.69, 9.17) is 4.99 Å². The standard InChI is InChI=1S/C25H34BrN3OS/c1-2-3-8-29-22(12-23(30)27-21-6-4-20(26)5-7-21)16-31-24(29)28-25-13-17-9-18(14-25)11-19(10-17)15-25/h4-7,17-19,22H,2-3,8-16H2,1H3,(H,27,30). The summed E-state index contributed by atoms with van der Waals surface area (Å²) in [5.74, 6) is 3.82. The predicted octanol–water partition coefficient (Wildman–Crippen LogP) is 6.32. The van der Waals surface area contributed by atoms with Gasteiger partial charge in [-0.15, -0.1) is 0 Å². The van der Waals surface area contributed by atoms with Crippen LogP contribution in [-0.4, -0.2) is 39.9 Å². The number of amidine groups is 1. The lowest BCUT2D eigenvalue weighted by molar-refractivity contribution is -0.116. The Labute approximate surface area is 199 Å². The van der Waals surface area contributed by atoms with Crippen molar-refractivity contribution in [2.45, 2.75) is 76.3 Å². The monoisotopic (exact) mass is 503 g/mol. The molecule has 1 aliphatic heterocycles. The van der Waals surface area contributed by atoms with Crippen molar-refractivity contribution in [2.75, 3.05) is 17.6 Å². The highest BCUT2D eigenvalue weighted by atomic mass is 79.9. The molecule has 1 saturated heterocycles. The Morgan fingerprint density at radius 2 is 1.81 bits per heavy atom. The van der Waals surface area contributed by atoms with Gasteiger partial charge in [0.05, 0.1) is 5.54 Å². The molecule has 168 valence electrons. The molecular formula is C25H34BrN3OS. The van der Waals surface area contributed by atoms with Crippen LogP contribution in [-0.2, 0) is 4.79 Å². The van der Waals surface area contributed by atoms with Gasteiger partial charge in [0.2, 0.25) is 5.91 Å². The Balaban J connectivity index is 1.28. The van der Waals surface area contributed by atoms with E-state index in [1.165, 1.54) is 50.1 Å². The van der Waals surface area contributed by atoms with Crippen molar-refractivity contribution in [1.29, 1.82) is 0 Å². The van der Waals surface area contributed by atoms with Crippen molar-refractivity contribution in [3.63, 3.8) is 0 Å². The van der Waals surface area contributed by atoms with Crippen LogP contribution in [0.4, 0.5) is 5.69 Å². The number of nitrogens with one attached hydrogen (secondary N) is 1. The number of aliphatic imine (C=N–C) groups is 1. The van der Waals surface area contributed by atoms with E-state index in [0.29, 0.717) is 6.42 Å². The van der Waals surface area contributed by atoms with Crippen molar-refractivity contribution >= 4 is 44.5 Å². The lowest BCUT2D eigenvalue weighted by Crippen LogP contribution is -2.50. The maximum absolute atomic E-state index is 12.8. The Morgan fingerprint density at radius 1 is 1.16 bits per heavy atom. The Morgan fingerprint density at radius 3 is 2.42 bits per heavy atom. The molecule has 1 amide bonds. The first kappa shape index (κ1) is 21.8. The van der Waals surface area contributed by atoms with E-state index in [9.17, 15) is 4.79 Å². The van der Waals surface area contributed by atoms with Crippen molar-refractivity contribution in [3.05, 3.63) is 28.7 Å². The van der Waals surface area contributed by atoms with Crippen LogP contribution in [0.15, 0.2) is 33.7 Å². The number of benzene rings is 1. The minimum absolute atomic E-state index is 0.102. The summed E-state index contributed by atoms with van der Waals surface area (Å²) in [6, 6.07) is 8.07. The molecule has 6 heteroatoms. The quantitative estimate of drug-likeness (QED) is 0.473. The van der Waals surface area contributed by atoms with Gasteiger partial charge in [-0.05, 0) is 87.0 Å². The van der Waals surface area contributed by atoms with Gasteiger partial charge >= 0.3 is 0 Å². The molecule has 0 aromatic heterocycles. The van der Waals surface area contributed by atoms with Gasteiger partial charge in [0, 0.05) is 34.9 Å². The topological polar surface area (TPSA) is 44.7 Å². The largest absolute Gasteiger partial charge is 0.347 e. The number of anilines is 1. The van der Waals surface area contributed by atoms with Crippen molar-refractivity contribution in [1.82, 2.24) is 4.90 Å². The van der Waals surface area contributed by atoms with E-state index < -0.39 is 0 Å². The molecule has 4 nitrogen and oxygen atoms in total. The highest BCUT2D eigenvalue weighted by molar-refractivity contribution is 9.10. The minimum atomic E-state index is 0.102. The number of amides is 1. The zero-order chi connectivity index (χ0) is 21.4. The molecule has 1 aromatic rings. The third kappa shape index (κ3) is 4.85. The van der Waals surface area contributed by atoms with Crippen LogP contribution in [0.5, 0.6) is 0 Å². The zero-order valence-electron chi connectivity index (χ0n) is 18.5. The highest BCUT2D eigenvalue weighted by Gasteiger charge is 2.51. The fourth-order valence-corrected chi connectivity index (χ4v) is 8.30. The zero-order valence-corrected chi connectivity index (χ0v) is 20.9. The Kier molecular flexibility index (Phi) is 6.40. The van der Waals surface area contributed by atoms with E-state index in [1.54, 1.807) is 0 Å². The molecule has 0 spiro atoms. The molecule has 4 saturated carbocycles. The van der Waals surface area contributed by atoms with Crippen LogP contribution < -0.4 is 5.32 Å². The molecule has 1 atom stereocenters. The lowest BCUT2D eigenvalue weighted by atomic mass is 9.53. The fourth-order valence-electron chi connectivity index (χ4n) is 6.74. The average Bonchev–Trinajstić information content (AvgIpc) is 3.07. The second-order valence-electron chi connectivity index (χ2n) is 10.3. The van der Waals surface area contributed by atoms with Gasteiger partial charge in [-0.25, -0.2) is 0 Å². The van der Waals surface area contributed by atoms with Gasteiger partial charge in [0.1, 0.15) is 0 Å². The van der Waals surface area contributed by atoms with Gasteiger partial charge in [0.25, 0.3) is 0 Å². The summed E-state index contributed by atoms with van der Waals surface area (Å²) in [5.41, 5.74) is 1.07. The van der Waals surface area contributed by atoms with E-state index in [1.807, 2.05) is 36.0 Å².